The molecular weight excluding hydrogens is 364 g/mol. The van der Waals surface area contributed by atoms with Crippen molar-refractivity contribution in [1.82, 2.24) is 19.8 Å². The van der Waals surface area contributed by atoms with Crippen molar-refractivity contribution in [2.75, 3.05) is 33.0 Å². The lowest BCUT2D eigenvalue weighted by Crippen LogP contribution is -2.45. The van der Waals surface area contributed by atoms with Gasteiger partial charge in [0.1, 0.15) is 5.82 Å². The van der Waals surface area contributed by atoms with Crippen molar-refractivity contribution in [3.05, 3.63) is 65.5 Å². The second-order valence-corrected chi connectivity index (χ2v) is 7.76. The number of piperazine rings is 1. The molecule has 2 aliphatic rings. The average molecular weight is 390 g/mol. The number of hydrogen-bond acceptors (Lipinski definition) is 5. The molecule has 1 N–H and O–H groups in total. The summed E-state index contributed by atoms with van der Waals surface area (Å²) in [7, 11) is 0. The van der Waals surface area contributed by atoms with Crippen molar-refractivity contribution in [3.8, 4) is 22.9 Å². The van der Waals surface area contributed by atoms with Crippen molar-refractivity contribution in [3.63, 3.8) is 0 Å². The molecule has 0 radical (unpaired) electrons. The van der Waals surface area contributed by atoms with E-state index in [1.807, 2.05) is 24.3 Å². The van der Waals surface area contributed by atoms with Crippen LogP contribution in [0.1, 0.15) is 17.0 Å². The summed E-state index contributed by atoms with van der Waals surface area (Å²) in [6.45, 7) is 8.51. The highest BCUT2D eigenvalue weighted by Gasteiger charge is 2.20. The van der Waals surface area contributed by atoms with E-state index in [1.165, 1.54) is 5.56 Å². The van der Waals surface area contributed by atoms with Crippen LogP contribution in [0.2, 0.25) is 0 Å². The predicted molar refractivity (Wildman–Crippen MR) is 112 cm³/mol. The molecule has 5 rings (SSSR count). The van der Waals surface area contributed by atoms with Crippen molar-refractivity contribution >= 4 is 0 Å². The third kappa shape index (κ3) is 3.99. The van der Waals surface area contributed by atoms with E-state index in [4.69, 9.17) is 14.5 Å². The molecule has 0 amide bonds. The van der Waals surface area contributed by atoms with E-state index >= 15 is 0 Å². The lowest BCUT2D eigenvalue weighted by atomic mass is 10.1. The second-order valence-electron chi connectivity index (χ2n) is 7.76. The van der Waals surface area contributed by atoms with Gasteiger partial charge < -0.3 is 14.5 Å². The third-order valence-corrected chi connectivity index (χ3v) is 5.71. The molecule has 3 heterocycles. The largest absolute Gasteiger partial charge is 0.454 e. The number of fused-ring (bicyclic) bond motifs is 1. The maximum Gasteiger partial charge on any atom is 0.231 e. The van der Waals surface area contributed by atoms with Crippen LogP contribution < -0.4 is 9.47 Å². The minimum atomic E-state index is 0.329. The molecule has 0 aliphatic carbocycles. The van der Waals surface area contributed by atoms with E-state index in [-0.39, 0.29) is 0 Å². The van der Waals surface area contributed by atoms with Gasteiger partial charge in [-0.15, -0.1) is 0 Å². The van der Waals surface area contributed by atoms with Crippen LogP contribution in [0.15, 0.2) is 48.5 Å². The highest BCUT2D eigenvalue weighted by Crippen LogP contribution is 2.32. The zero-order valence-electron chi connectivity index (χ0n) is 16.7. The Morgan fingerprint density at radius 1 is 0.897 bits per heavy atom. The quantitative estimate of drug-likeness (QED) is 0.723. The molecule has 150 valence electrons. The first kappa shape index (κ1) is 18.2. The highest BCUT2D eigenvalue weighted by molar-refractivity contribution is 5.55. The molecule has 1 fully saturated rings. The fraction of sp³-hybridized carbons (Fsp3) is 0.348. The van der Waals surface area contributed by atoms with Gasteiger partial charge >= 0.3 is 0 Å². The summed E-state index contributed by atoms with van der Waals surface area (Å²) in [6, 6.07) is 16.6. The Kier molecular flexibility index (Phi) is 4.96. The summed E-state index contributed by atoms with van der Waals surface area (Å²) in [4.78, 5) is 13.3. The lowest BCUT2D eigenvalue weighted by Gasteiger charge is -2.34. The van der Waals surface area contributed by atoms with E-state index in [9.17, 15) is 0 Å². The fourth-order valence-electron chi connectivity index (χ4n) is 4.00. The number of imidazole rings is 1. The first-order valence-corrected chi connectivity index (χ1v) is 10.2. The molecule has 0 bridgehead atoms. The van der Waals surface area contributed by atoms with Crippen LogP contribution in [-0.2, 0) is 13.1 Å². The maximum atomic E-state index is 5.50. The molecule has 1 aromatic heterocycles. The highest BCUT2D eigenvalue weighted by atomic mass is 16.7. The summed E-state index contributed by atoms with van der Waals surface area (Å²) < 4.78 is 10.9. The molecule has 3 aromatic rings. The van der Waals surface area contributed by atoms with Gasteiger partial charge in [-0.2, -0.15) is 0 Å². The average Bonchev–Trinajstić information content (AvgIpc) is 3.36. The van der Waals surface area contributed by atoms with Gasteiger partial charge in [-0.05, 0) is 24.6 Å². The van der Waals surface area contributed by atoms with E-state index in [0.29, 0.717) is 6.79 Å². The van der Waals surface area contributed by atoms with Crippen LogP contribution in [-0.4, -0.2) is 52.7 Å². The number of hydrogen-bond donors (Lipinski definition) is 1. The zero-order valence-corrected chi connectivity index (χ0v) is 16.7. The molecular formula is C23H26N4O2. The molecule has 6 nitrogen and oxygen atoms in total. The Labute approximate surface area is 171 Å². The fourth-order valence-corrected chi connectivity index (χ4v) is 4.00. The monoisotopic (exact) mass is 390 g/mol. The van der Waals surface area contributed by atoms with Crippen LogP contribution >= 0.6 is 0 Å². The van der Waals surface area contributed by atoms with Crippen LogP contribution in [0.5, 0.6) is 11.5 Å². The normalized spacial score (nSPS) is 17.0. The number of H-pyrrole nitrogens is 1. The van der Waals surface area contributed by atoms with Crippen LogP contribution in [0.3, 0.4) is 0 Å². The molecule has 0 saturated carbocycles. The number of nitrogens with one attached hydrogen (secondary N) is 1. The van der Waals surface area contributed by atoms with E-state index < -0.39 is 0 Å². The zero-order chi connectivity index (χ0) is 19.6. The molecule has 29 heavy (non-hydrogen) atoms. The van der Waals surface area contributed by atoms with Gasteiger partial charge in [0.15, 0.2) is 11.5 Å². The van der Waals surface area contributed by atoms with E-state index in [1.54, 1.807) is 0 Å². The van der Waals surface area contributed by atoms with Gasteiger partial charge in [-0.1, -0.05) is 36.4 Å². The Hall–Kier alpha value is -2.83. The van der Waals surface area contributed by atoms with Gasteiger partial charge in [0.2, 0.25) is 6.79 Å². The Morgan fingerprint density at radius 3 is 2.41 bits per heavy atom. The number of aryl methyl sites for hydroxylation is 1. The summed E-state index contributed by atoms with van der Waals surface area (Å²) >= 11 is 0. The number of aromatic nitrogens is 2. The first-order chi connectivity index (χ1) is 14.2. The van der Waals surface area contributed by atoms with Gasteiger partial charge in [0.25, 0.3) is 0 Å². The summed E-state index contributed by atoms with van der Waals surface area (Å²) in [5.74, 6) is 2.67. The summed E-state index contributed by atoms with van der Waals surface area (Å²) in [5.41, 5.74) is 4.72. The standard InChI is InChI=1S/C23H26N4O2/c1-17-20(25-23(24-17)19-5-3-2-4-6-19)15-27-11-9-26(10-12-27)14-18-7-8-21-22(13-18)29-16-28-21/h2-8,13H,9-12,14-16H2,1H3,(H,24,25). The van der Waals surface area contributed by atoms with Crippen molar-refractivity contribution in [2.45, 2.75) is 20.0 Å². The Bertz CT molecular complexity index is 978. The first-order valence-electron chi connectivity index (χ1n) is 10.2. The maximum absolute atomic E-state index is 5.50. The van der Waals surface area contributed by atoms with Gasteiger partial charge in [-0.3, -0.25) is 9.80 Å². The SMILES string of the molecule is Cc1[nH]c(-c2ccccc2)nc1CN1CCN(Cc2ccc3c(c2)OCO3)CC1. The molecule has 1 saturated heterocycles. The number of aromatic amines is 1. The predicted octanol–water partition coefficient (Wildman–Crippen LogP) is 3.43. The van der Waals surface area contributed by atoms with Crippen molar-refractivity contribution in [2.24, 2.45) is 0 Å². The molecule has 0 atom stereocenters. The number of benzene rings is 2. The topological polar surface area (TPSA) is 53.6 Å². The molecule has 0 unspecified atom stereocenters. The molecule has 6 heteroatoms. The minimum Gasteiger partial charge on any atom is -0.454 e. The van der Waals surface area contributed by atoms with Gasteiger partial charge in [0.05, 0.1) is 5.69 Å². The third-order valence-electron chi connectivity index (χ3n) is 5.71. The summed E-state index contributed by atoms with van der Waals surface area (Å²) in [5, 5.41) is 0. The van der Waals surface area contributed by atoms with Crippen molar-refractivity contribution < 1.29 is 9.47 Å². The van der Waals surface area contributed by atoms with Crippen LogP contribution in [0.25, 0.3) is 11.4 Å². The number of rotatable bonds is 5. The molecule has 2 aromatic carbocycles. The van der Waals surface area contributed by atoms with Crippen LogP contribution in [0, 0.1) is 6.92 Å². The second kappa shape index (κ2) is 7.89. The van der Waals surface area contributed by atoms with E-state index in [0.717, 1.165) is 73.5 Å². The van der Waals surface area contributed by atoms with Crippen molar-refractivity contribution in [1.29, 1.82) is 0 Å². The number of nitrogens with zero attached hydrogens (tertiary/aromatic N) is 3. The molecule has 0 spiro atoms. The smallest absolute Gasteiger partial charge is 0.231 e. The molecule has 2 aliphatic heterocycles. The minimum absolute atomic E-state index is 0.329. The number of ether oxygens (including phenoxy) is 2. The van der Waals surface area contributed by atoms with E-state index in [2.05, 4.69) is 46.0 Å². The van der Waals surface area contributed by atoms with Gasteiger partial charge in [-0.25, -0.2) is 4.98 Å². The van der Waals surface area contributed by atoms with Gasteiger partial charge in [0, 0.05) is 50.5 Å². The summed E-state index contributed by atoms with van der Waals surface area (Å²) in [6.07, 6.45) is 0. The van der Waals surface area contributed by atoms with Crippen LogP contribution in [0.4, 0.5) is 0 Å². The Balaban J connectivity index is 1.17. The lowest BCUT2D eigenvalue weighted by molar-refractivity contribution is 0.121. The Morgan fingerprint density at radius 2 is 1.62 bits per heavy atom.